The van der Waals surface area contributed by atoms with Gasteiger partial charge in [-0.3, -0.25) is 4.79 Å². The first-order chi connectivity index (χ1) is 10.3. The molecule has 1 aromatic carbocycles. The molecule has 1 fully saturated rings. The first-order valence-electron chi connectivity index (χ1n) is 7.26. The maximum Gasteiger partial charge on any atom is 0.341 e. The Hall–Kier alpha value is -2.04. The van der Waals surface area contributed by atoms with E-state index in [1.807, 2.05) is 26.8 Å². The van der Waals surface area contributed by atoms with Gasteiger partial charge in [-0.05, 0) is 50.8 Å². The standard InChI is InChI=1S/C17H22O5/c1-17(2,3)22-16(19)12-9-11(12)10-6-7-14(20-4)13(8-10)15(18)21-5/h6-8,11-12H,9H2,1-5H3/t11-,12+/m0/s1. The highest BCUT2D eigenvalue weighted by Gasteiger charge is 2.46. The second-order valence-electron chi connectivity index (χ2n) is 6.43. The largest absolute Gasteiger partial charge is 0.496 e. The van der Waals surface area contributed by atoms with Crippen LogP contribution in [0.5, 0.6) is 5.75 Å². The van der Waals surface area contributed by atoms with Crippen molar-refractivity contribution in [1.29, 1.82) is 0 Å². The summed E-state index contributed by atoms with van der Waals surface area (Å²) in [5.41, 5.74) is 0.816. The molecule has 0 amide bonds. The fourth-order valence-electron chi connectivity index (χ4n) is 2.43. The summed E-state index contributed by atoms with van der Waals surface area (Å²) in [7, 11) is 2.83. The van der Waals surface area contributed by atoms with Crippen LogP contribution >= 0.6 is 0 Å². The lowest BCUT2D eigenvalue weighted by atomic mass is 10.0. The zero-order valence-electron chi connectivity index (χ0n) is 13.6. The first kappa shape index (κ1) is 16.3. The van der Waals surface area contributed by atoms with Gasteiger partial charge in [-0.15, -0.1) is 0 Å². The average Bonchev–Trinajstić information content (AvgIpc) is 3.24. The highest BCUT2D eigenvalue weighted by atomic mass is 16.6. The summed E-state index contributed by atoms with van der Waals surface area (Å²) in [6, 6.07) is 5.34. The van der Waals surface area contributed by atoms with Crippen molar-refractivity contribution in [1.82, 2.24) is 0 Å². The number of hydrogen-bond donors (Lipinski definition) is 0. The van der Waals surface area contributed by atoms with E-state index in [2.05, 4.69) is 0 Å². The van der Waals surface area contributed by atoms with E-state index < -0.39 is 11.6 Å². The van der Waals surface area contributed by atoms with E-state index >= 15 is 0 Å². The van der Waals surface area contributed by atoms with Crippen LogP contribution in [0.25, 0.3) is 0 Å². The Morgan fingerprint density at radius 3 is 2.41 bits per heavy atom. The normalized spacial score (nSPS) is 20.2. The minimum atomic E-state index is -0.485. The first-order valence-corrected chi connectivity index (χ1v) is 7.26. The molecule has 0 radical (unpaired) electrons. The molecule has 0 aliphatic heterocycles. The Labute approximate surface area is 130 Å². The van der Waals surface area contributed by atoms with Crippen molar-refractivity contribution in [3.63, 3.8) is 0 Å². The molecule has 0 unspecified atom stereocenters. The Kier molecular flexibility index (Phi) is 4.44. The van der Waals surface area contributed by atoms with Crippen molar-refractivity contribution in [3.8, 4) is 5.75 Å². The summed E-state index contributed by atoms with van der Waals surface area (Å²) in [5.74, 6) is -0.228. The van der Waals surface area contributed by atoms with Crippen molar-refractivity contribution >= 4 is 11.9 Å². The molecule has 1 aromatic rings. The third kappa shape index (κ3) is 3.59. The smallest absolute Gasteiger partial charge is 0.341 e. The summed E-state index contributed by atoms with van der Waals surface area (Å²) in [6.45, 7) is 5.56. The highest BCUT2D eigenvalue weighted by Crippen LogP contribution is 2.49. The van der Waals surface area contributed by atoms with Crippen LogP contribution in [0.15, 0.2) is 18.2 Å². The SMILES string of the molecule is COC(=O)c1cc([C@@H]2C[C@H]2C(=O)OC(C)(C)C)ccc1OC. The van der Waals surface area contributed by atoms with E-state index in [-0.39, 0.29) is 17.8 Å². The number of methoxy groups -OCH3 is 2. The van der Waals surface area contributed by atoms with E-state index in [0.29, 0.717) is 11.3 Å². The Morgan fingerprint density at radius 1 is 1.18 bits per heavy atom. The monoisotopic (exact) mass is 306 g/mol. The van der Waals surface area contributed by atoms with Crippen LogP contribution < -0.4 is 4.74 Å². The van der Waals surface area contributed by atoms with Gasteiger partial charge in [0.25, 0.3) is 0 Å². The minimum Gasteiger partial charge on any atom is -0.496 e. The van der Waals surface area contributed by atoms with Gasteiger partial charge in [0.1, 0.15) is 16.9 Å². The molecular weight excluding hydrogens is 284 g/mol. The molecule has 1 aliphatic carbocycles. The molecule has 22 heavy (non-hydrogen) atoms. The number of benzene rings is 1. The number of carbonyl (C=O) groups excluding carboxylic acids is 2. The zero-order valence-corrected chi connectivity index (χ0v) is 13.6. The fourth-order valence-corrected chi connectivity index (χ4v) is 2.43. The van der Waals surface area contributed by atoms with Crippen molar-refractivity contribution in [2.24, 2.45) is 5.92 Å². The van der Waals surface area contributed by atoms with Crippen molar-refractivity contribution in [3.05, 3.63) is 29.3 Å². The average molecular weight is 306 g/mol. The van der Waals surface area contributed by atoms with Crippen LogP contribution in [-0.2, 0) is 14.3 Å². The lowest BCUT2D eigenvalue weighted by Crippen LogP contribution is -2.25. The highest BCUT2D eigenvalue weighted by molar-refractivity contribution is 5.93. The van der Waals surface area contributed by atoms with Crippen molar-refractivity contribution in [2.45, 2.75) is 38.7 Å². The second-order valence-corrected chi connectivity index (χ2v) is 6.43. The summed E-state index contributed by atoms with van der Waals surface area (Å²) in [4.78, 5) is 23.9. The summed E-state index contributed by atoms with van der Waals surface area (Å²) < 4.78 is 15.3. The van der Waals surface area contributed by atoms with E-state index in [4.69, 9.17) is 14.2 Å². The van der Waals surface area contributed by atoms with Gasteiger partial charge in [0.15, 0.2) is 0 Å². The molecule has 5 nitrogen and oxygen atoms in total. The number of ether oxygens (including phenoxy) is 3. The molecule has 2 atom stereocenters. The van der Waals surface area contributed by atoms with Gasteiger partial charge in [0, 0.05) is 0 Å². The molecule has 1 aliphatic rings. The van der Waals surface area contributed by atoms with Gasteiger partial charge < -0.3 is 14.2 Å². The molecule has 0 aromatic heterocycles. The Balaban J connectivity index is 2.15. The van der Waals surface area contributed by atoms with Gasteiger partial charge in [0.2, 0.25) is 0 Å². The number of rotatable bonds is 4. The van der Waals surface area contributed by atoms with E-state index in [9.17, 15) is 9.59 Å². The summed E-state index contributed by atoms with van der Waals surface area (Å²) in [6.07, 6.45) is 0.738. The molecule has 0 N–H and O–H groups in total. The third-order valence-electron chi connectivity index (χ3n) is 3.56. The molecule has 120 valence electrons. The van der Waals surface area contributed by atoms with Crippen molar-refractivity contribution < 1.29 is 23.8 Å². The molecule has 0 spiro atoms. The molecule has 0 bridgehead atoms. The number of hydrogen-bond acceptors (Lipinski definition) is 5. The molecule has 2 rings (SSSR count). The van der Waals surface area contributed by atoms with Gasteiger partial charge >= 0.3 is 11.9 Å². The van der Waals surface area contributed by atoms with Crippen molar-refractivity contribution in [2.75, 3.05) is 14.2 Å². The molecule has 0 saturated heterocycles. The molecular formula is C17H22O5. The van der Waals surface area contributed by atoms with Crippen LogP contribution in [0.3, 0.4) is 0 Å². The molecule has 5 heteroatoms. The summed E-state index contributed by atoms with van der Waals surface area (Å²) >= 11 is 0. The lowest BCUT2D eigenvalue weighted by molar-refractivity contribution is -0.156. The van der Waals surface area contributed by atoms with Crippen LogP contribution in [0.1, 0.15) is 49.0 Å². The minimum absolute atomic E-state index is 0.0872. The second kappa shape index (κ2) is 5.99. The van der Waals surface area contributed by atoms with Crippen LogP contribution in [0.2, 0.25) is 0 Å². The zero-order chi connectivity index (χ0) is 16.5. The predicted octanol–water partition coefficient (Wildman–Crippen LogP) is 2.93. The number of esters is 2. The Morgan fingerprint density at radius 2 is 1.86 bits per heavy atom. The maximum atomic E-state index is 12.1. The van der Waals surface area contributed by atoms with E-state index in [1.54, 1.807) is 12.1 Å². The fraction of sp³-hybridized carbons (Fsp3) is 0.529. The van der Waals surface area contributed by atoms with Gasteiger partial charge in [-0.25, -0.2) is 4.79 Å². The van der Waals surface area contributed by atoms with Crippen LogP contribution in [0.4, 0.5) is 0 Å². The van der Waals surface area contributed by atoms with Crippen LogP contribution in [-0.4, -0.2) is 31.8 Å². The maximum absolute atomic E-state index is 12.1. The predicted molar refractivity (Wildman–Crippen MR) is 81.0 cm³/mol. The van der Waals surface area contributed by atoms with E-state index in [1.165, 1.54) is 14.2 Å². The number of carbonyl (C=O) groups is 2. The van der Waals surface area contributed by atoms with Gasteiger partial charge in [-0.1, -0.05) is 6.07 Å². The lowest BCUT2D eigenvalue weighted by Gasteiger charge is -2.19. The van der Waals surface area contributed by atoms with Gasteiger partial charge in [-0.2, -0.15) is 0 Å². The molecule has 0 heterocycles. The Bertz CT molecular complexity index is 585. The summed E-state index contributed by atoms with van der Waals surface area (Å²) in [5, 5.41) is 0. The van der Waals surface area contributed by atoms with Crippen LogP contribution in [0, 0.1) is 5.92 Å². The quantitative estimate of drug-likeness (QED) is 0.800. The third-order valence-corrected chi connectivity index (χ3v) is 3.56. The molecule has 1 saturated carbocycles. The van der Waals surface area contributed by atoms with E-state index in [0.717, 1.165) is 12.0 Å². The van der Waals surface area contributed by atoms with Gasteiger partial charge in [0.05, 0.1) is 20.1 Å². The topological polar surface area (TPSA) is 61.8 Å².